The van der Waals surface area contributed by atoms with Crippen molar-refractivity contribution in [2.24, 2.45) is 0 Å². The van der Waals surface area contributed by atoms with Crippen molar-refractivity contribution in [2.45, 2.75) is 45.4 Å². The van der Waals surface area contributed by atoms with Crippen LogP contribution in [0.25, 0.3) is 0 Å². The minimum atomic E-state index is -1.11. The van der Waals surface area contributed by atoms with Crippen LogP contribution < -0.4 is 5.32 Å². The Labute approximate surface area is 109 Å². The van der Waals surface area contributed by atoms with Crippen LogP contribution in [0.3, 0.4) is 0 Å². The van der Waals surface area contributed by atoms with E-state index >= 15 is 0 Å². The van der Waals surface area contributed by atoms with Gasteiger partial charge in [0.05, 0.1) is 0 Å². The van der Waals surface area contributed by atoms with E-state index in [9.17, 15) is 9.59 Å². The molecule has 18 heavy (non-hydrogen) atoms. The van der Waals surface area contributed by atoms with Gasteiger partial charge >= 0.3 is 5.97 Å². The van der Waals surface area contributed by atoms with Crippen LogP contribution in [0.1, 0.15) is 45.4 Å². The molecule has 0 rings (SSSR count). The molecular weight excluding hydrogens is 230 g/mol. The van der Waals surface area contributed by atoms with Gasteiger partial charge in [0, 0.05) is 18.7 Å². The molecule has 0 saturated heterocycles. The number of hydrogen-bond acceptors (Lipinski definition) is 2. The molecule has 0 aliphatic carbocycles. The van der Waals surface area contributed by atoms with Gasteiger partial charge in [0.25, 0.3) is 0 Å². The molecular formula is C14H23NO3. The second-order valence-electron chi connectivity index (χ2n) is 4.07. The third-order valence-electron chi connectivity index (χ3n) is 2.37. The van der Waals surface area contributed by atoms with Gasteiger partial charge < -0.3 is 10.4 Å². The van der Waals surface area contributed by atoms with Crippen molar-refractivity contribution in [1.82, 2.24) is 5.32 Å². The molecule has 0 atom stereocenters. The molecule has 0 saturated carbocycles. The fourth-order valence-corrected chi connectivity index (χ4v) is 1.36. The maximum atomic E-state index is 11.1. The second-order valence-corrected chi connectivity index (χ2v) is 4.07. The number of allylic oxidation sites excluding steroid dienone is 2. The standard InChI is InChI=1S/C14H23NO3/c1-2-3-4-5-6-7-8-9-12-15-13(16)10-11-14(17)18/h5-6,10-11H,2-4,7-9,12H2,1H3,(H,15,16)(H,17,18)/b6-5+,11-10+. The summed E-state index contributed by atoms with van der Waals surface area (Å²) in [6, 6.07) is 0. The van der Waals surface area contributed by atoms with E-state index in [4.69, 9.17) is 5.11 Å². The molecule has 0 heterocycles. The molecule has 4 heteroatoms. The lowest BCUT2D eigenvalue weighted by Crippen LogP contribution is -2.22. The first-order chi connectivity index (χ1) is 8.66. The average molecular weight is 253 g/mol. The van der Waals surface area contributed by atoms with Crippen LogP contribution in [0.15, 0.2) is 24.3 Å². The van der Waals surface area contributed by atoms with Crippen molar-refractivity contribution >= 4 is 11.9 Å². The SMILES string of the molecule is CCCC/C=C/CCCCNC(=O)/C=C/C(=O)O. The Balaban J connectivity index is 3.37. The first-order valence-electron chi connectivity index (χ1n) is 6.50. The van der Waals surface area contributed by atoms with Crippen molar-refractivity contribution in [3.05, 3.63) is 24.3 Å². The smallest absolute Gasteiger partial charge is 0.328 e. The number of nitrogens with one attached hydrogen (secondary N) is 1. The van der Waals surface area contributed by atoms with Gasteiger partial charge in [-0.05, 0) is 25.7 Å². The summed E-state index contributed by atoms with van der Waals surface area (Å²) in [7, 11) is 0. The van der Waals surface area contributed by atoms with E-state index in [1.54, 1.807) is 0 Å². The molecule has 0 aliphatic heterocycles. The Morgan fingerprint density at radius 2 is 1.72 bits per heavy atom. The maximum absolute atomic E-state index is 11.1. The molecule has 0 aromatic carbocycles. The third kappa shape index (κ3) is 12.5. The van der Waals surface area contributed by atoms with Crippen molar-refractivity contribution in [1.29, 1.82) is 0 Å². The molecule has 0 radical (unpaired) electrons. The van der Waals surface area contributed by atoms with Crippen molar-refractivity contribution in [3.8, 4) is 0 Å². The molecule has 0 fully saturated rings. The molecule has 0 aliphatic rings. The number of unbranched alkanes of at least 4 members (excludes halogenated alkanes) is 4. The van der Waals surface area contributed by atoms with Crippen LogP contribution in [-0.2, 0) is 9.59 Å². The lowest BCUT2D eigenvalue weighted by atomic mass is 10.2. The Bertz CT molecular complexity index is 295. The van der Waals surface area contributed by atoms with Crippen LogP contribution in [0.2, 0.25) is 0 Å². The summed E-state index contributed by atoms with van der Waals surface area (Å²) in [5, 5.41) is 11.0. The van der Waals surface area contributed by atoms with E-state index in [1.165, 1.54) is 12.8 Å². The van der Waals surface area contributed by atoms with Crippen LogP contribution in [0.5, 0.6) is 0 Å². The minimum absolute atomic E-state index is 0.351. The van der Waals surface area contributed by atoms with Gasteiger partial charge in [-0.1, -0.05) is 31.9 Å². The molecule has 0 spiro atoms. The molecule has 4 nitrogen and oxygen atoms in total. The van der Waals surface area contributed by atoms with E-state index in [-0.39, 0.29) is 5.91 Å². The van der Waals surface area contributed by atoms with Crippen molar-refractivity contribution in [3.63, 3.8) is 0 Å². The Kier molecular flexibility index (Phi) is 10.8. The largest absolute Gasteiger partial charge is 0.478 e. The summed E-state index contributed by atoms with van der Waals surface area (Å²) in [6.45, 7) is 2.76. The summed E-state index contributed by atoms with van der Waals surface area (Å²) in [5.41, 5.74) is 0. The predicted molar refractivity (Wildman–Crippen MR) is 72.3 cm³/mol. The summed E-state index contributed by atoms with van der Waals surface area (Å²) in [4.78, 5) is 21.2. The lowest BCUT2D eigenvalue weighted by Gasteiger charge is -2.00. The Morgan fingerprint density at radius 1 is 1.06 bits per heavy atom. The highest BCUT2D eigenvalue weighted by molar-refractivity contribution is 5.93. The molecule has 0 aromatic rings. The lowest BCUT2D eigenvalue weighted by molar-refractivity contribution is -0.131. The molecule has 0 unspecified atom stereocenters. The topological polar surface area (TPSA) is 66.4 Å². The molecule has 2 N–H and O–H groups in total. The quantitative estimate of drug-likeness (QED) is 0.357. The summed E-state index contributed by atoms with van der Waals surface area (Å²) in [6.07, 6.45) is 12.8. The zero-order valence-corrected chi connectivity index (χ0v) is 11.0. The van der Waals surface area contributed by atoms with E-state index < -0.39 is 5.97 Å². The molecule has 0 bridgehead atoms. The van der Waals surface area contributed by atoms with Gasteiger partial charge in [0.2, 0.25) is 5.91 Å². The monoisotopic (exact) mass is 253 g/mol. The van der Waals surface area contributed by atoms with Gasteiger partial charge in [-0.15, -0.1) is 0 Å². The fourth-order valence-electron chi connectivity index (χ4n) is 1.36. The van der Waals surface area contributed by atoms with Gasteiger partial charge in [-0.25, -0.2) is 4.79 Å². The average Bonchev–Trinajstić information content (AvgIpc) is 2.34. The number of carbonyl (C=O) groups is 2. The normalized spacial score (nSPS) is 11.2. The van der Waals surface area contributed by atoms with Crippen LogP contribution >= 0.6 is 0 Å². The zero-order valence-electron chi connectivity index (χ0n) is 11.0. The third-order valence-corrected chi connectivity index (χ3v) is 2.37. The molecule has 102 valence electrons. The van der Waals surface area contributed by atoms with E-state index in [0.717, 1.165) is 37.8 Å². The van der Waals surface area contributed by atoms with Gasteiger partial charge in [0.15, 0.2) is 0 Å². The number of aliphatic carboxylic acids is 1. The summed E-state index contributed by atoms with van der Waals surface area (Å²) < 4.78 is 0. The molecule has 0 aromatic heterocycles. The highest BCUT2D eigenvalue weighted by atomic mass is 16.4. The predicted octanol–water partition coefficient (Wildman–Crippen LogP) is 2.66. The number of amides is 1. The van der Waals surface area contributed by atoms with Crippen molar-refractivity contribution in [2.75, 3.05) is 6.54 Å². The van der Waals surface area contributed by atoms with Crippen molar-refractivity contribution < 1.29 is 14.7 Å². The number of hydrogen-bond donors (Lipinski definition) is 2. The first kappa shape index (κ1) is 16.4. The summed E-state index contributed by atoms with van der Waals surface area (Å²) in [5.74, 6) is -1.46. The number of rotatable bonds is 10. The number of carboxylic acids is 1. The van der Waals surface area contributed by atoms with Gasteiger partial charge in [0.1, 0.15) is 0 Å². The Hall–Kier alpha value is -1.58. The van der Waals surface area contributed by atoms with E-state index in [0.29, 0.717) is 6.54 Å². The van der Waals surface area contributed by atoms with Gasteiger partial charge in [-0.3, -0.25) is 4.79 Å². The Morgan fingerprint density at radius 3 is 2.33 bits per heavy atom. The minimum Gasteiger partial charge on any atom is -0.478 e. The van der Waals surface area contributed by atoms with Crippen LogP contribution in [-0.4, -0.2) is 23.5 Å². The van der Waals surface area contributed by atoms with Crippen LogP contribution in [0, 0.1) is 0 Å². The fraction of sp³-hybridized carbons (Fsp3) is 0.571. The first-order valence-corrected chi connectivity index (χ1v) is 6.50. The second kappa shape index (κ2) is 11.9. The summed E-state index contributed by atoms with van der Waals surface area (Å²) >= 11 is 0. The highest BCUT2D eigenvalue weighted by Crippen LogP contribution is 1.99. The van der Waals surface area contributed by atoms with E-state index in [1.807, 2.05) is 0 Å². The highest BCUT2D eigenvalue weighted by Gasteiger charge is 1.95. The number of carboxylic acid groups (broad SMARTS) is 1. The van der Waals surface area contributed by atoms with Crippen LogP contribution in [0.4, 0.5) is 0 Å². The number of carbonyl (C=O) groups excluding carboxylic acids is 1. The zero-order chi connectivity index (χ0) is 13.6. The van der Waals surface area contributed by atoms with E-state index in [2.05, 4.69) is 24.4 Å². The molecule has 1 amide bonds. The maximum Gasteiger partial charge on any atom is 0.328 e. The van der Waals surface area contributed by atoms with Gasteiger partial charge in [-0.2, -0.15) is 0 Å².